The first-order valence-corrected chi connectivity index (χ1v) is 6.54. The maximum atomic E-state index is 11.9. The van der Waals surface area contributed by atoms with Crippen LogP contribution >= 0.6 is 15.9 Å². The van der Waals surface area contributed by atoms with Gasteiger partial charge in [0.2, 0.25) is 5.91 Å². The second-order valence-electron chi connectivity index (χ2n) is 4.22. The number of nitrogens with one attached hydrogen (secondary N) is 1. The van der Waals surface area contributed by atoms with Gasteiger partial charge in [-0.05, 0) is 36.8 Å². The van der Waals surface area contributed by atoms with E-state index in [1.165, 1.54) is 5.56 Å². The van der Waals surface area contributed by atoms with E-state index in [4.69, 9.17) is 0 Å². The standard InChI is InChI=1S/C15H14BrNO/c1-11-3-2-4-12(9-11)10-15(18)17-14-7-5-13(16)6-8-14/h2-9H,10H2,1H3,(H,17,18). The number of rotatable bonds is 3. The van der Waals surface area contributed by atoms with Gasteiger partial charge >= 0.3 is 0 Å². The SMILES string of the molecule is Cc1cccc(CC(=O)Nc2ccc(Br)cc2)c1. The summed E-state index contributed by atoms with van der Waals surface area (Å²) in [4.78, 5) is 11.9. The molecule has 0 radical (unpaired) electrons. The van der Waals surface area contributed by atoms with E-state index in [-0.39, 0.29) is 5.91 Å². The molecule has 0 spiro atoms. The summed E-state index contributed by atoms with van der Waals surface area (Å²) in [5.74, 6) is 0.00271. The maximum absolute atomic E-state index is 11.9. The molecule has 18 heavy (non-hydrogen) atoms. The highest BCUT2D eigenvalue weighted by atomic mass is 79.9. The Labute approximate surface area is 115 Å². The largest absolute Gasteiger partial charge is 0.326 e. The number of hydrogen-bond donors (Lipinski definition) is 1. The highest BCUT2D eigenvalue weighted by Gasteiger charge is 2.04. The van der Waals surface area contributed by atoms with Crippen LogP contribution in [0.4, 0.5) is 5.69 Å². The van der Waals surface area contributed by atoms with Crippen LogP contribution in [0.25, 0.3) is 0 Å². The second-order valence-corrected chi connectivity index (χ2v) is 5.14. The minimum atomic E-state index is 0.00271. The second kappa shape index (κ2) is 5.83. The molecule has 0 heterocycles. The van der Waals surface area contributed by atoms with Crippen LogP contribution in [0.1, 0.15) is 11.1 Å². The van der Waals surface area contributed by atoms with Gasteiger partial charge in [-0.3, -0.25) is 4.79 Å². The van der Waals surface area contributed by atoms with Crippen molar-refractivity contribution in [3.8, 4) is 0 Å². The van der Waals surface area contributed by atoms with Gasteiger partial charge in [0, 0.05) is 10.2 Å². The zero-order chi connectivity index (χ0) is 13.0. The Morgan fingerprint density at radius 1 is 1.17 bits per heavy atom. The van der Waals surface area contributed by atoms with E-state index in [1.54, 1.807) is 0 Å². The summed E-state index contributed by atoms with van der Waals surface area (Å²) in [5.41, 5.74) is 3.02. The van der Waals surface area contributed by atoms with Crippen molar-refractivity contribution >= 4 is 27.5 Å². The number of hydrogen-bond acceptors (Lipinski definition) is 1. The zero-order valence-electron chi connectivity index (χ0n) is 10.1. The number of carbonyl (C=O) groups is 1. The normalized spacial score (nSPS) is 10.1. The van der Waals surface area contributed by atoms with Crippen molar-refractivity contribution in [2.24, 2.45) is 0 Å². The number of anilines is 1. The molecule has 2 aromatic rings. The van der Waals surface area contributed by atoms with Crippen molar-refractivity contribution < 1.29 is 4.79 Å². The average molecular weight is 304 g/mol. The smallest absolute Gasteiger partial charge is 0.228 e. The summed E-state index contributed by atoms with van der Waals surface area (Å²) in [7, 11) is 0. The first-order chi connectivity index (χ1) is 8.63. The molecule has 0 unspecified atom stereocenters. The molecule has 2 aromatic carbocycles. The lowest BCUT2D eigenvalue weighted by Crippen LogP contribution is -2.14. The summed E-state index contributed by atoms with van der Waals surface area (Å²) >= 11 is 3.36. The van der Waals surface area contributed by atoms with E-state index in [2.05, 4.69) is 21.2 Å². The van der Waals surface area contributed by atoms with E-state index in [9.17, 15) is 4.79 Å². The third kappa shape index (κ3) is 3.70. The molecule has 0 atom stereocenters. The third-order valence-corrected chi connectivity index (χ3v) is 3.10. The molecule has 92 valence electrons. The fourth-order valence-corrected chi connectivity index (χ4v) is 2.01. The molecule has 0 fully saturated rings. The molecule has 2 rings (SSSR count). The topological polar surface area (TPSA) is 29.1 Å². The molecule has 2 nitrogen and oxygen atoms in total. The third-order valence-electron chi connectivity index (χ3n) is 2.58. The molecule has 0 aliphatic carbocycles. The van der Waals surface area contributed by atoms with Crippen LogP contribution in [0, 0.1) is 6.92 Å². The van der Waals surface area contributed by atoms with Gasteiger partial charge in [0.05, 0.1) is 6.42 Å². The summed E-state index contributed by atoms with van der Waals surface area (Å²) in [6.45, 7) is 2.02. The fraction of sp³-hybridized carbons (Fsp3) is 0.133. The minimum absolute atomic E-state index is 0.00271. The zero-order valence-corrected chi connectivity index (χ0v) is 11.7. The monoisotopic (exact) mass is 303 g/mol. The van der Waals surface area contributed by atoms with E-state index >= 15 is 0 Å². The molecule has 3 heteroatoms. The van der Waals surface area contributed by atoms with E-state index in [0.717, 1.165) is 15.7 Å². The predicted octanol–water partition coefficient (Wildman–Crippen LogP) is 3.94. The van der Waals surface area contributed by atoms with Crippen LogP contribution in [0.2, 0.25) is 0 Å². The Bertz CT molecular complexity index is 549. The molecule has 0 aliphatic rings. The molecule has 0 aromatic heterocycles. The summed E-state index contributed by atoms with van der Waals surface area (Å²) in [6, 6.07) is 15.5. The lowest BCUT2D eigenvalue weighted by atomic mass is 10.1. The molecular weight excluding hydrogens is 290 g/mol. The van der Waals surface area contributed by atoms with Gasteiger partial charge in [-0.15, -0.1) is 0 Å². The Kier molecular flexibility index (Phi) is 4.15. The maximum Gasteiger partial charge on any atom is 0.228 e. The lowest BCUT2D eigenvalue weighted by molar-refractivity contribution is -0.115. The summed E-state index contributed by atoms with van der Waals surface area (Å²) in [5, 5.41) is 2.88. The van der Waals surface area contributed by atoms with Crippen molar-refractivity contribution in [3.63, 3.8) is 0 Å². The predicted molar refractivity (Wildman–Crippen MR) is 77.7 cm³/mol. The number of halogens is 1. The van der Waals surface area contributed by atoms with E-state index in [1.807, 2.05) is 55.5 Å². The number of carbonyl (C=O) groups excluding carboxylic acids is 1. The number of amides is 1. The van der Waals surface area contributed by atoms with Crippen molar-refractivity contribution in [2.45, 2.75) is 13.3 Å². The van der Waals surface area contributed by atoms with Crippen LogP contribution in [-0.4, -0.2) is 5.91 Å². The Hall–Kier alpha value is -1.61. The van der Waals surface area contributed by atoms with Crippen molar-refractivity contribution in [2.75, 3.05) is 5.32 Å². The van der Waals surface area contributed by atoms with E-state index < -0.39 is 0 Å². The fourth-order valence-electron chi connectivity index (χ4n) is 1.75. The van der Waals surface area contributed by atoms with Crippen LogP contribution in [0.15, 0.2) is 53.0 Å². The molecule has 0 bridgehead atoms. The Balaban J connectivity index is 1.98. The van der Waals surface area contributed by atoms with Gasteiger partial charge in [0.15, 0.2) is 0 Å². The molecular formula is C15H14BrNO. The molecule has 0 saturated carbocycles. The van der Waals surface area contributed by atoms with Crippen LogP contribution in [-0.2, 0) is 11.2 Å². The molecule has 1 amide bonds. The van der Waals surface area contributed by atoms with Gasteiger partial charge in [-0.1, -0.05) is 45.8 Å². The van der Waals surface area contributed by atoms with Gasteiger partial charge in [-0.2, -0.15) is 0 Å². The van der Waals surface area contributed by atoms with Gasteiger partial charge in [-0.25, -0.2) is 0 Å². The van der Waals surface area contributed by atoms with Crippen molar-refractivity contribution in [1.29, 1.82) is 0 Å². The van der Waals surface area contributed by atoms with Gasteiger partial charge in [0.25, 0.3) is 0 Å². The highest BCUT2D eigenvalue weighted by Crippen LogP contribution is 2.14. The van der Waals surface area contributed by atoms with Crippen LogP contribution in [0.5, 0.6) is 0 Å². The molecule has 1 N–H and O–H groups in total. The number of aryl methyl sites for hydroxylation is 1. The van der Waals surface area contributed by atoms with Gasteiger partial charge in [0.1, 0.15) is 0 Å². The quantitative estimate of drug-likeness (QED) is 0.914. The van der Waals surface area contributed by atoms with Crippen molar-refractivity contribution in [3.05, 3.63) is 64.1 Å². The molecule has 0 saturated heterocycles. The molecule has 0 aliphatic heterocycles. The first kappa shape index (κ1) is 12.8. The lowest BCUT2D eigenvalue weighted by Gasteiger charge is -2.06. The Morgan fingerprint density at radius 2 is 1.89 bits per heavy atom. The first-order valence-electron chi connectivity index (χ1n) is 5.74. The van der Waals surface area contributed by atoms with Crippen LogP contribution < -0.4 is 5.32 Å². The average Bonchev–Trinajstić information content (AvgIpc) is 2.32. The van der Waals surface area contributed by atoms with Crippen LogP contribution in [0.3, 0.4) is 0 Å². The van der Waals surface area contributed by atoms with E-state index in [0.29, 0.717) is 6.42 Å². The summed E-state index contributed by atoms with van der Waals surface area (Å²) < 4.78 is 0.999. The minimum Gasteiger partial charge on any atom is -0.326 e. The van der Waals surface area contributed by atoms with Crippen molar-refractivity contribution in [1.82, 2.24) is 0 Å². The summed E-state index contributed by atoms with van der Waals surface area (Å²) in [6.07, 6.45) is 0.401. The number of benzene rings is 2. The van der Waals surface area contributed by atoms with Gasteiger partial charge < -0.3 is 5.32 Å². The highest BCUT2D eigenvalue weighted by molar-refractivity contribution is 9.10. The Morgan fingerprint density at radius 3 is 2.56 bits per heavy atom.